The van der Waals surface area contributed by atoms with Gasteiger partial charge in [-0.3, -0.25) is 24.1 Å². The number of carbonyl (C=O) groups excluding carboxylic acids is 5. The number of nitrogens with zero attached hydrogens (tertiary/aromatic N) is 2. The lowest BCUT2D eigenvalue weighted by Gasteiger charge is -2.34. The highest BCUT2D eigenvalue weighted by Crippen LogP contribution is 2.53. The van der Waals surface area contributed by atoms with E-state index >= 15 is 0 Å². The molecule has 2 aliphatic carbocycles. The van der Waals surface area contributed by atoms with Crippen LogP contribution in [0.5, 0.6) is 0 Å². The lowest BCUT2D eigenvalue weighted by molar-refractivity contribution is -0.143. The monoisotopic (exact) mass is 755 g/mol. The third-order valence-electron chi connectivity index (χ3n) is 11.5. The van der Waals surface area contributed by atoms with Gasteiger partial charge >= 0.3 is 6.09 Å². The summed E-state index contributed by atoms with van der Waals surface area (Å²) in [5, 5.41) is 4.58. The maximum atomic E-state index is 14.6. The number of aryl methyl sites for hydroxylation is 1. The molecule has 2 saturated carbocycles. The second kappa shape index (κ2) is 15.0. The van der Waals surface area contributed by atoms with Crippen LogP contribution in [0, 0.1) is 5.92 Å². The first-order chi connectivity index (χ1) is 25.0. The average molecular weight is 756 g/mol. The molecule has 4 heterocycles. The third kappa shape index (κ3) is 7.71. The summed E-state index contributed by atoms with van der Waals surface area (Å²) in [6.45, 7) is 4.50. The van der Waals surface area contributed by atoms with Crippen molar-refractivity contribution in [1.82, 2.24) is 25.2 Å². The fourth-order valence-electron chi connectivity index (χ4n) is 8.33. The van der Waals surface area contributed by atoms with E-state index in [4.69, 9.17) is 4.74 Å². The van der Waals surface area contributed by atoms with Crippen LogP contribution in [-0.4, -0.2) is 88.0 Å². The summed E-state index contributed by atoms with van der Waals surface area (Å²) >= 11 is 1.06. The van der Waals surface area contributed by atoms with Crippen molar-refractivity contribution in [1.29, 1.82) is 0 Å². The molecule has 5 atom stereocenters. The van der Waals surface area contributed by atoms with Crippen molar-refractivity contribution >= 4 is 51.5 Å². The molecule has 0 spiro atoms. The van der Waals surface area contributed by atoms with Gasteiger partial charge in [0.15, 0.2) is 4.87 Å². The summed E-state index contributed by atoms with van der Waals surface area (Å²) in [6, 6.07) is 4.13. The number of benzene rings is 1. The Kier molecular flexibility index (Phi) is 10.6. The number of sulfonamides is 1. The summed E-state index contributed by atoms with van der Waals surface area (Å²) < 4.78 is 33.5. The molecule has 5 amide bonds. The van der Waals surface area contributed by atoms with Gasteiger partial charge in [0.2, 0.25) is 27.7 Å². The first-order valence-corrected chi connectivity index (χ1v) is 21.2. The van der Waals surface area contributed by atoms with E-state index in [1.807, 2.05) is 12.1 Å². The van der Waals surface area contributed by atoms with Gasteiger partial charge in [0.1, 0.15) is 18.2 Å². The van der Waals surface area contributed by atoms with Crippen LogP contribution in [0.15, 0.2) is 30.9 Å². The summed E-state index contributed by atoms with van der Waals surface area (Å²) in [4.78, 5) is 70.7. The van der Waals surface area contributed by atoms with E-state index in [1.54, 1.807) is 4.90 Å². The van der Waals surface area contributed by atoms with Gasteiger partial charge in [0.05, 0.1) is 17.0 Å². The number of amides is 5. The van der Waals surface area contributed by atoms with E-state index in [1.165, 1.54) is 16.5 Å². The van der Waals surface area contributed by atoms with E-state index in [2.05, 4.69) is 28.0 Å². The fourth-order valence-corrected chi connectivity index (χ4v) is 10.7. The van der Waals surface area contributed by atoms with Crippen molar-refractivity contribution in [3.05, 3.63) is 47.5 Å². The standard InChI is InChI=1S/C37H49N5O8S2/c1-2-30-37(51-30,35(46)40-52(48,49)27-17-18-27)39-33(44)29-19-26-21-42(29)34(45)32(24-12-7-5-8-13-24)38-31(43)16-9-4-3-6-11-23-14-10-15-25-20-41(22-28(23)25)36(47)50-26/h2,10,14-15,24,26-27,29-30,32H,1,3-9,11-13,16-22H2,(H,38,43)(H,39,44)(H,40,46)/t26-,29+,30+,32+,37+/m1/s1. The molecule has 4 aliphatic heterocycles. The van der Waals surface area contributed by atoms with Gasteiger partial charge in [-0.25, -0.2) is 17.9 Å². The molecule has 0 aromatic heterocycles. The molecule has 6 aliphatic rings. The molecule has 3 N–H and O–H groups in total. The Morgan fingerprint density at radius 2 is 1.67 bits per heavy atom. The molecule has 4 fully saturated rings. The molecular formula is C37H49N5O8S2. The van der Waals surface area contributed by atoms with E-state index in [0.29, 0.717) is 32.4 Å². The van der Waals surface area contributed by atoms with Gasteiger partial charge in [-0.1, -0.05) is 56.4 Å². The number of fused-ring (bicyclic) bond motifs is 3. The van der Waals surface area contributed by atoms with Gasteiger partial charge in [-0.2, -0.15) is 0 Å². The summed E-state index contributed by atoms with van der Waals surface area (Å²) in [5.41, 5.74) is 3.40. The Labute approximate surface area is 309 Å². The highest BCUT2D eigenvalue weighted by molar-refractivity contribution is 8.10. The molecule has 52 heavy (non-hydrogen) atoms. The Balaban J connectivity index is 1.16. The topological polar surface area (TPSA) is 171 Å². The second-order valence-corrected chi connectivity index (χ2v) is 18.5. The maximum Gasteiger partial charge on any atom is 0.410 e. The second-order valence-electron chi connectivity index (χ2n) is 15.2. The van der Waals surface area contributed by atoms with Crippen LogP contribution in [0.2, 0.25) is 0 Å². The predicted octanol–water partition coefficient (Wildman–Crippen LogP) is 3.40. The normalized spacial score (nSPS) is 30.3. The molecule has 0 radical (unpaired) electrons. The molecule has 282 valence electrons. The maximum absolute atomic E-state index is 14.6. The fraction of sp³-hybridized carbons (Fsp3) is 0.649. The molecule has 1 aromatic rings. The minimum absolute atomic E-state index is 0.0256. The lowest BCUT2D eigenvalue weighted by Crippen LogP contribution is -2.59. The minimum atomic E-state index is -3.90. The Bertz CT molecular complexity index is 1730. The van der Waals surface area contributed by atoms with E-state index < -0.39 is 67.4 Å². The summed E-state index contributed by atoms with van der Waals surface area (Å²) in [7, 11) is -3.90. The van der Waals surface area contributed by atoms with Crippen LogP contribution in [0.4, 0.5) is 4.79 Å². The quantitative estimate of drug-likeness (QED) is 0.279. The van der Waals surface area contributed by atoms with E-state index in [9.17, 15) is 32.4 Å². The van der Waals surface area contributed by atoms with Crippen LogP contribution in [0.3, 0.4) is 0 Å². The highest BCUT2D eigenvalue weighted by Gasteiger charge is 2.63. The van der Waals surface area contributed by atoms with Crippen molar-refractivity contribution in [2.24, 2.45) is 5.92 Å². The first kappa shape index (κ1) is 36.8. The number of carbonyl (C=O) groups is 5. The van der Waals surface area contributed by atoms with Crippen molar-refractivity contribution in [3.63, 3.8) is 0 Å². The number of ether oxygens (including phenoxy) is 1. The van der Waals surface area contributed by atoms with Gasteiger partial charge < -0.3 is 20.3 Å². The molecule has 7 rings (SSSR count). The van der Waals surface area contributed by atoms with Crippen LogP contribution >= 0.6 is 11.8 Å². The average Bonchev–Trinajstić information content (AvgIpc) is 4.02. The van der Waals surface area contributed by atoms with Crippen LogP contribution in [-0.2, 0) is 53.4 Å². The molecule has 1 aromatic carbocycles. The van der Waals surface area contributed by atoms with Crippen molar-refractivity contribution in [2.75, 3.05) is 6.54 Å². The summed E-state index contributed by atoms with van der Waals surface area (Å²) in [6.07, 6.45) is 10.1. The molecule has 15 heteroatoms. The zero-order valence-corrected chi connectivity index (χ0v) is 31.1. The molecule has 13 nitrogen and oxygen atoms in total. The highest BCUT2D eigenvalue weighted by atomic mass is 32.2. The van der Waals surface area contributed by atoms with Crippen LogP contribution in [0.25, 0.3) is 0 Å². The van der Waals surface area contributed by atoms with E-state index in [-0.39, 0.29) is 31.2 Å². The molecule has 0 unspecified atom stereocenters. The van der Waals surface area contributed by atoms with Crippen molar-refractivity contribution < 1.29 is 37.1 Å². The van der Waals surface area contributed by atoms with Gasteiger partial charge in [-0.15, -0.1) is 18.3 Å². The minimum Gasteiger partial charge on any atom is -0.444 e. The van der Waals surface area contributed by atoms with E-state index in [0.717, 1.165) is 80.7 Å². The van der Waals surface area contributed by atoms with Crippen molar-refractivity contribution in [2.45, 2.75) is 137 Å². The first-order valence-electron chi connectivity index (χ1n) is 18.8. The number of hydrogen-bond acceptors (Lipinski definition) is 9. The van der Waals surface area contributed by atoms with Gasteiger partial charge in [-0.05, 0) is 67.6 Å². The number of hydrogen-bond donors (Lipinski definition) is 3. The van der Waals surface area contributed by atoms with Gasteiger partial charge in [0.25, 0.3) is 5.91 Å². The summed E-state index contributed by atoms with van der Waals surface area (Å²) in [5.74, 6) is -2.28. The number of nitrogens with one attached hydrogen (secondary N) is 3. The molecule has 2 saturated heterocycles. The Morgan fingerprint density at radius 1 is 0.962 bits per heavy atom. The number of thioether (sulfide) groups is 1. The van der Waals surface area contributed by atoms with Crippen LogP contribution in [0.1, 0.15) is 100 Å². The smallest absolute Gasteiger partial charge is 0.410 e. The zero-order chi connectivity index (χ0) is 36.6. The third-order valence-corrected chi connectivity index (χ3v) is 14.8. The zero-order valence-electron chi connectivity index (χ0n) is 29.5. The molecule has 4 bridgehead atoms. The largest absolute Gasteiger partial charge is 0.444 e. The Morgan fingerprint density at radius 3 is 2.38 bits per heavy atom. The predicted molar refractivity (Wildman–Crippen MR) is 194 cm³/mol. The van der Waals surface area contributed by atoms with Crippen LogP contribution < -0.4 is 15.4 Å². The lowest BCUT2D eigenvalue weighted by atomic mass is 9.83. The SMILES string of the molecule is C=C[C@@H]1S[C@]1(NC(=O)[C@@H]1C[C@@H]2CN1C(=O)[C@H](C1CCCCC1)NC(=O)CCCCCCc1cccc3c1CN(C3)C(=O)O2)C(=O)NS(=O)(=O)C1CC1. The Hall–Kier alpha value is -3.59. The number of rotatable bonds is 7. The van der Waals surface area contributed by atoms with Crippen molar-refractivity contribution in [3.8, 4) is 0 Å². The molecular weight excluding hydrogens is 707 g/mol. The van der Waals surface area contributed by atoms with Gasteiger partial charge in [0, 0.05) is 25.9 Å².